The van der Waals surface area contributed by atoms with Gasteiger partial charge < -0.3 is 29.0 Å². The predicted octanol–water partition coefficient (Wildman–Crippen LogP) is 0.784. The summed E-state index contributed by atoms with van der Waals surface area (Å²) in [7, 11) is 2.09. The molecule has 1 N–H and O–H groups in total. The third kappa shape index (κ3) is 3.18. The third-order valence-electron chi connectivity index (χ3n) is 3.82. The van der Waals surface area contributed by atoms with Crippen molar-refractivity contribution in [1.82, 2.24) is 4.98 Å². The molecule has 0 unspecified atom stereocenters. The van der Waals surface area contributed by atoms with Gasteiger partial charge in [0.25, 0.3) is 0 Å². The monoisotopic (exact) mass is 390 g/mol. The summed E-state index contributed by atoms with van der Waals surface area (Å²) in [5.74, 6) is 0. The Morgan fingerprint density at radius 1 is 1.05 bits per heavy atom. The van der Waals surface area contributed by atoms with Crippen LogP contribution in [0.4, 0.5) is 0 Å². The number of pyridine rings is 1. The van der Waals surface area contributed by atoms with Gasteiger partial charge in [0.2, 0.25) is 5.69 Å². The van der Waals surface area contributed by atoms with E-state index in [0.717, 1.165) is 0 Å². The van der Waals surface area contributed by atoms with Crippen LogP contribution in [0.25, 0.3) is 23.1 Å². The maximum Gasteiger partial charge on any atom is 0.205 e. The van der Waals surface area contributed by atoms with Gasteiger partial charge in [0, 0.05) is 42.2 Å². The Labute approximate surface area is 142 Å². The van der Waals surface area contributed by atoms with Crippen LogP contribution in [-0.2, 0) is 7.05 Å². The Hall–Kier alpha value is -1.62. The minimum absolute atomic E-state index is 0. The van der Waals surface area contributed by atoms with E-state index in [2.05, 4.69) is 85.2 Å². The lowest BCUT2D eigenvalue weighted by molar-refractivity contribution is -0.679. The number of rotatable bonds is 2. The summed E-state index contributed by atoms with van der Waals surface area (Å²) in [5, 5.41) is 1.27. The molecule has 0 bridgehead atoms. The molecule has 0 saturated heterocycles. The molecule has 0 spiro atoms. The Kier molecular flexibility index (Phi) is 4.83. The highest BCUT2D eigenvalue weighted by Crippen LogP contribution is 2.21. The molecule has 0 aliphatic carbocycles. The van der Waals surface area contributed by atoms with Crippen LogP contribution in [0.5, 0.6) is 0 Å². The van der Waals surface area contributed by atoms with Gasteiger partial charge in [-0.25, -0.2) is 0 Å². The average molecular weight is 390 g/mol. The van der Waals surface area contributed by atoms with Gasteiger partial charge in [0.15, 0.2) is 5.69 Å². The zero-order valence-corrected chi connectivity index (χ0v) is 14.7. The van der Waals surface area contributed by atoms with Crippen LogP contribution in [-0.4, -0.2) is 4.98 Å². The van der Waals surface area contributed by atoms with Gasteiger partial charge in [0.1, 0.15) is 7.05 Å². The molecule has 2 aromatic heterocycles. The molecule has 1 aromatic carbocycles. The third-order valence-corrected chi connectivity index (χ3v) is 3.82. The minimum atomic E-state index is 0. The number of H-pyrrole nitrogens is 1. The molecule has 2 heterocycles. The van der Waals surface area contributed by atoms with Crippen molar-refractivity contribution in [3.63, 3.8) is 0 Å². The van der Waals surface area contributed by atoms with E-state index in [1.54, 1.807) is 0 Å². The van der Waals surface area contributed by atoms with Crippen molar-refractivity contribution in [3.05, 3.63) is 65.1 Å². The van der Waals surface area contributed by atoms with Crippen LogP contribution in [0.15, 0.2) is 42.6 Å². The van der Waals surface area contributed by atoms with Gasteiger partial charge in [-0.05, 0) is 36.8 Å². The number of fused-ring (bicyclic) bond motifs is 1. The van der Waals surface area contributed by atoms with Crippen LogP contribution in [0, 0.1) is 13.8 Å². The zero-order valence-electron chi connectivity index (χ0n) is 12.5. The standard InChI is InChI=1S/C18H18N2.HI/c1-13-7-10-18-17(11-13)15(12-19-18)8-9-16-6-4-5-14(2)20(16)3;/h4-12H,1-3H3;1H. The second-order valence-electron chi connectivity index (χ2n) is 5.28. The summed E-state index contributed by atoms with van der Waals surface area (Å²) < 4.78 is 2.19. The first-order valence-electron chi connectivity index (χ1n) is 6.86. The number of benzene rings is 1. The topological polar surface area (TPSA) is 19.7 Å². The van der Waals surface area contributed by atoms with E-state index in [1.807, 2.05) is 0 Å². The predicted molar refractivity (Wildman–Crippen MR) is 84.3 cm³/mol. The van der Waals surface area contributed by atoms with Gasteiger partial charge in [-0.1, -0.05) is 11.6 Å². The Morgan fingerprint density at radius 3 is 2.67 bits per heavy atom. The van der Waals surface area contributed by atoms with E-state index < -0.39 is 0 Å². The van der Waals surface area contributed by atoms with Gasteiger partial charge in [-0.15, -0.1) is 0 Å². The smallest absolute Gasteiger partial charge is 0.205 e. The molecule has 2 nitrogen and oxygen atoms in total. The van der Waals surface area contributed by atoms with E-state index in [1.165, 1.54) is 33.4 Å². The van der Waals surface area contributed by atoms with Crippen molar-refractivity contribution in [3.8, 4) is 0 Å². The fraction of sp³-hybridized carbons (Fsp3) is 0.167. The summed E-state index contributed by atoms with van der Waals surface area (Å²) in [6.07, 6.45) is 6.40. The Bertz CT molecular complexity index is 800. The van der Waals surface area contributed by atoms with E-state index in [9.17, 15) is 0 Å². The highest BCUT2D eigenvalue weighted by atomic mass is 127. The highest BCUT2D eigenvalue weighted by molar-refractivity contribution is 5.91. The first kappa shape index (κ1) is 15.8. The minimum Gasteiger partial charge on any atom is -1.00 e. The number of halogens is 1. The molecule has 3 aromatic rings. The van der Waals surface area contributed by atoms with Crippen LogP contribution in [0.1, 0.15) is 22.5 Å². The molecule has 0 aliphatic heterocycles. The lowest BCUT2D eigenvalue weighted by Crippen LogP contribution is -3.00. The number of nitrogens with one attached hydrogen (secondary N) is 1. The summed E-state index contributed by atoms with van der Waals surface area (Å²) in [4.78, 5) is 3.32. The van der Waals surface area contributed by atoms with Gasteiger partial charge in [0.05, 0.1) is 0 Å². The molecule has 3 heteroatoms. The van der Waals surface area contributed by atoms with Crippen LogP contribution in [0.3, 0.4) is 0 Å². The second kappa shape index (κ2) is 6.43. The molecule has 21 heavy (non-hydrogen) atoms. The molecule has 0 amide bonds. The maximum atomic E-state index is 3.32. The van der Waals surface area contributed by atoms with Crippen molar-refractivity contribution >= 4 is 23.1 Å². The molecule has 108 valence electrons. The molecule has 0 radical (unpaired) electrons. The number of nitrogens with zero attached hydrogens (tertiary/aromatic N) is 1. The summed E-state index contributed by atoms with van der Waals surface area (Å²) >= 11 is 0. The Balaban J connectivity index is 0.00000161. The van der Waals surface area contributed by atoms with Crippen molar-refractivity contribution < 1.29 is 28.5 Å². The second-order valence-corrected chi connectivity index (χ2v) is 5.28. The molecule has 0 fully saturated rings. The lowest BCUT2D eigenvalue weighted by atomic mass is 10.1. The fourth-order valence-electron chi connectivity index (χ4n) is 2.45. The molecule has 0 atom stereocenters. The largest absolute Gasteiger partial charge is 1.00 e. The fourth-order valence-corrected chi connectivity index (χ4v) is 2.45. The number of hydrogen-bond donors (Lipinski definition) is 1. The van der Waals surface area contributed by atoms with Gasteiger partial charge in [-0.3, -0.25) is 0 Å². The molecular weight excluding hydrogens is 371 g/mol. The average Bonchev–Trinajstić information content (AvgIpc) is 2.83. The Morgan fingerprint density at radius 2 is 1.86 bits per heavy atom. The number of aryl methyl sites for hydroxylation is 2. The van der Waals surface area contributed by atoms with E-state index in [-0.39, 0.29) is 24.0 Å². The maximum absolute atomic E-state index is 3.32. The first-order valence-corrected chi connectivity index (χ1v) is 6.86. The summed E-state index contributed by atoms with van der Waals surface area (Å²) in [6.45, 7) is 4.24. The summed E-state index contributed by atoms with van der Waals surface area (Å²) in [5.41, 5.74) is 6.15. The number of hydrogen-bond acceptors (Lipinski definition) is 0. The highest BCUT2D eigenvalue weighted by Gasteiger charge is 2.06. The SMILES string of the molecule is Cc1ccc2[nH]cc(/C=C/c3cccc(C)[n+]3C)c2c1.[I-]. The van der Waals surface area contributed by atoms with Crippen molar-refractivity contribution in [2.45, 2.75) is 13.8 Å². The summed E-state index contributed by atoms with van der Waals surface area (Å²) in [6, 6.07) is 12.8. The van der Waals surface area contributed by atoms with Gasteiger partial charge in [-0.2, -0.15) is 4.57 Å². The lowest BCUT2D eigenvalue weighted by Gasteiger charge is -1.97. The first-order chi connectivity index (χ1) is 9.65. The van der Waals surface area contributed by atoms with Gasteiger partial charge >= 0.3 is 0 Å². The van der Waals surface area contributed by atoms with Crippen LogP contribution < -0.4 is 28.5 Å². The number of aromatic nitrogens is 2. The molecule has 0 saturated carbocycles. The quantitative estimate of drug-likeness (QED) is 0.493. The molecule has 3 rings (SSSR count). The van der Waals surface area contributed by atoms with E-state index in [0.29, 0.717) is 0 Å². The van der Waals surface area contributed by atoms with Crippen molar-refractivity contribution in [1.29, 1.82) is 0 Å². The zero-order chi connectivity index (χ0) is 14.1. The van der Waals surface area contributed by atoms with Crippen LogP contribution in [0.2, 0.25) is 0 Å². The van der Waals surface area contributed by atoms with E-state index >= 15 is 0 Å². The van der Waals surface area contributed by atoms with Crippen LogP contribution >= 0.6 is 0 Å². The van der Waals surface area contributed by atoms with Crippen molar-refractivity contribution in [2.24, 2.45) is 7.05 Å². The molecule has 0 aliphatic rings. The normalized spacial score (nSPS) is 11.0. The number of aromatic amines is 1. The van der Waals surface area contributed by atoms with E-state index in [4.69, 9.17) is 0 Å². The van der Waals surface area contributed by atoms with Crippen molar-refractivity contribution in [2.75, 3.05) is 0 Å². The molecular formula is C18H19IN2.